The van der Waals surface area contributed by atoms with Crippen molar-refractivity contribution < 1.29 is 14.4 Å². The lowest BCUT2D eigenvalue weighted by Gasteiger charge is -2.21. The molecule has 0 radical (unpaired) electrons. The molecule has 3 aromatic rings. The van der Waals surface area contributed by atoms with Crippen molar-refractivity contribution in [3.05, 3.63) is 70.1 Å². The Hall–Kier alpha value is -4.01. The number of nitrogens with one attached hydrogen (secondary N) is 4. The number of hydrogen-bond donors (Lipinski definition) is 4. The second-order valence-electron chi connectivity index (χ2n) is 6.52. The fourth-order valence-electron chi connectivity index (χ4n) is 3.13. The standard InChI is InChI=1S/C19H15N5O4/c1-19(17(27)21-18(28)22-19)10-5-4-6-11(9-10)20-16(26)14-12-7-2-3-8-13(12)15(25)24-23-14/h2-9H,1H3,(H,20,26)(H,24,25)(H2,21,22,27,28)/t19-/m1/s1. The zero-order valence-electron chi connectivity index (χ0n) is 14.7. The highest BCUT2D eigenvalue weighted by Crippen LogP contribution is 2.26. The van der Waals surface area contributed by atoms with Crippen molar-refractivity contribution in [1.29, 1.82) is 0 Å². The molecule has 140 valence electrons. The van der Waals surface area contributed by atoms with Gasteiger partial charge in [-0.25, -0.2) is 9.89 Å². The Labute approximate surface area is 158 Å². The molecule has 28 heavy (non-hydrogen) atoms. The van der Waals surface area contributed by atoms with Crippen LogP contribution < -0.4 is 21.5 Å². The predicted molar refractivity (Wildman–Crippen MR) is 101 cm³/mol. The molecule has 4 N–H and O–H groups in total. The predicted octanol–water partition coefficient (Wildman–Crippen LogP) is 1.23. The van der Waals surface area contributed by atoms with E-state index in [1.54, 1.807) is 55.5 Å². The first kappa shape index (κ1) is 17.4. The molecule has 1 saturated heterocycles. The van der Waals surface area contributed by atoms with Crippen molar-refractivity contribution in [1.82, 2.24) is 20.8 Å². The minimum absolute atomic E-state index is 0.0683. The number of amides is 4. The summed E-state index contributed by atoms with van der Waals surface area (Å²) in [4.78, 5) is 48.2. The van der Waals surface area contributed by atoms with E-state index in [0.29, 0.717) is 22.0 Å². The van der Waals surface area contributed by atoms with Gasteiger partial charge in [-0.3, -0.25) is 19.7 Å². The number of fused-ring (bicyclic) bond motifs is 1. The minimum atomic E-state index is -1.24. The Kier molecular flexibility index (Phi) is 3.92. The van der Waals surface area contributed by atoms with Gasteiger partial charge in [0.15, 0.2) is 5.69 Å². The van der Waals surface area contributed by atoms with E-state index in [1.165, 1.54) is 0 Å². The lowest BCUT2D eigenvalue weighted by molar-refractivity contribution is -0.123. The summed E-state index contributed by atoms with van der Waals surface area (Å²) in [5, 5.41) is 14.4. The van der Waals surface area contributed by atoms with Crippen LogP contribution in [0.5, 0.6) is 0 Å². The summed E-state index contributed by atoms with van der Waals surface area (Å²) in [6.07, 6.45) is 0. The molecule has 1 aliphatic rings. The number of imide groups is 1. The molecule has 0 aliphatic carbocycles. The van der Waals surface area contributed by atoms with Gasteiger partial charge in [-0.15, -0.1) is 0 Å². The summed E-state index contributed by atoms with van der Waals surface area (Å²) in [5.41, 5.74) is -0.632. The smallest absolute Gasteiger partial charge is 0.321 e. The Balaban J connectivity index is 1.67. The van der Waals surface area contributed by atoms with Gasteiger partial charge in [0.2, 0.25) is 0 Å². The van der Waals surface area contributed by atoms with E-state index >= 15 is 0 Å². The fraction of sp³-hybridized carbons (Fsp3) is 0.105. The third kappa shape index (κ3) is 2.78. The lowest BCUT2D eigenvalue weighted by Crippen LogP contribution is -2.40. The highest BCUT2D eigenvalue weighted by atomic mass is 16.2. The van der Waals surface area contributed by atoms with E-state index < -0.39 is 23.4 Å². The van der Waals surface area contributed by atoms with Gasteiger partial charge in [0.25, 0.3) is 17.4 Å². The van der Waals surface area contributed by atoms with E-state index in [0.717, 1.165) is 0 Å². The Morgan fingerprint density at radius 1 is 1.04 bits per heavy atom. The van der Waals surface area contributed by atoms with E-state index in [9.17, 15) is 19.2 Å². The molecule has 9 heteroatoms. The van der Waals surface area contributed by atoms with Gasteiger partial charge in [0.05, 0.1) is 5.39 Å². The molecule has 0 saturated carbocycles. The number of aromatic amines is 1. The first-order valence-corrected chi connectivity index (χ1v) is 8.41. The third-order valence-electron chi connectivity index (χ3n) is 4.65. The van der Waals surface area contributed by atoms with Crippen molar-refractivity contribution in [2.45, 2.75) is 12.5 Å². The maximum atomic E-state index is 12.7. The highest BCUT2D eigenvalue weighted by Gasteiger charge is 2.43. The Morgan fingerprint density at radius 2 is 1.79 bits per heavy atom. The Morgan fingerprint density at radius 3 is 2.50 bits per heavy atom. The number of aromatic nitrogens is 2. The molecule has 1 aliphatic heterocycles. The largest absolute Gasteiger partial charge is 0.322 e. The van der Waals surface area contributed by atoms with Gasteiger partial charge >= 0.3 is 6.03 Å². The second-order valence-corrected chi connectivity index (χ2v) is 6.52. The molecule has 2 aromatic carbocycles. The molecule has 9 nitrogen and oxygen atoms in total. The molecule has 1 aromatic heterocycles. The van der Waals surface area contributed by atoms with E-state index in [-0.39, 0.29) is 11.3 Å². The van der Waals surface area contributed by atoms with Gasteiger partial charge < -0.3 is 10.6 Å². The third-order valence-corrected chi connectivity index (χ3v) is 4.65. The van der Waals surface area contributed by atoms with Gasteiger partial charge in [-0.2, -0.15) is 5.10 Å². The van der Waals surface area contributed by atoms with Crippen LogP contribution in [0.4, 0.5) is 10.5 Å². The van der Waals surface area contributed by atoms with Crippen molar-refractivity contribution >= 4 is 34.3 Å². The zero-order chi connectivity index (χ0) is 19.9. The number of carbonyl (C=O) groups is 3. The normalized spacial score (nSPS) is 18.6. The van der Waals surface area contributed by atoms with Crippen LogP contribution in [0.2, 0.25) is 0 Å². The van der Waals surface area contributed by atoms with Gasteiger partial charge in [0.1, 0.15) is 5.54 Å². The van der Waals surface area contributed by atoms with Crippen molar-refractivity contribution in [3.8, 4) is 0 Å². The van der Waals surface area contributed by atoms with Gasteiger partial charge in [-0.1, -0.05) is 30.3 Å². The number of benzene rings is 2. The van der Waals surface area contributed by atoms with Gasteiger partial charge in [-0.05, 0) is 30.7 Å². The van der Waals surface area contributed by atoms with Crippen LogP contribution in [0.3, 0.4) is 0 Å². The number of anilines is 1. The summed E-state index contributed by atoms with van der Waals surface area (Å²) < 4.78 is 0. The van der Waals surface area contributed by atoms with E-state index in [4.69, 9.17) is 0 Å². The molecular formula is C19H15N5O4. The Bertz CT molecular complexity index is 1200. The fourth-order valence-corrected chi connectivity index (χ4v) is 3.13. The van der Waals surface area contributed by atoms with Crippen LogP contribution in [0.1, 0.15) is 23.0 Å². The maximum Gasteiger partial charge on any atom is 0.322 e. The van der Waals surface area contributed by atoms with Crippen molar-refractivity contribution in [2.75, 3.05) is 5.32 Å². The average Bonchev–Trinajstić information content (AvgIpc) is 2.95. The molecule has 0 spiro atoms. The van der Waals surface area contributed by atoms with Crippen LogP contribution in [0.25, 0.3) is 10.8 Å². The summed E-state index contributed by atoms with van der Waals surface area (Å²) in [6, 6.07) is 12.7. The van der Waals surface area contributed by atoms with Crippen molar-refractivity contribution in [3.63, 3.8) is 0 Å². The second kappa shape index (κ2) is 6.31. The van der Waals surface area contributed by atoms with E-state index in [1.807, 2.05) is 0 Å². The molecule has 0 unspecified atom stereocenters. The maximum absolute atomic E-state index is 12.7. The average molecular weight is 377 g/mol. The number of hydrogen-bond acceptors (Lipinski definition) is 5. The number of rotatable bonds is 3. The lowest BCUT2D eigenvalue weighted by atomic mass is 9.92. The summed E-state index contributed by atoms with van der Waals surface area (Å²) >= 11 is 0. The zero-order valence-corrected chi connectivity index (χ0v) is 14.7. The number of nitrogens with zero attached hydrogens (tertiary/aromatic N) is 1. The molecule has 1 fully saturated rings. The minimum Gasteiger partial charge on any atom is -0.321 e. The van der Waals surface area contributed by atoms with Crippen LogP contribution in [-0.4, -0.2) is 28.0 Å². The molecule has 1 atom stereocenters. The summed E-state index contributed by atoms with van der Waals surface area (Å²) in [7, 11) is 0. The number of urea groups is 1. The summed E-state index contributed by atoms with van der Waals surface area (Å²) in [5.74, 6) is -0.996. The molecule has 4 amide bonds. The van der Waals surface area contributed by atoms with Crippen LogP contribution in [0, 0.1) is 0 Å². The molecule has 2 heterocycles. The molecule has 4 rings (SSSR count). The molecular weight excluding hydrogens is 362 g/mol. The first-order valence-electron chi connectivity index (χ1n) is 8.41. The van der Waals surface area contributed by atoms with E-state index in [2.05, 4.69) is 26.1 Å². The first-order chi connectivity index (χ1) is 13.4. The van der Waals surface area contributed by atoms with Crippen LogP contribution >= 0.6 is 0 Å². The van der Waals surface area contributed by atoms with Crippen molar-refractivity contribution in [2.24, 2.45) is 0 Å². The van der Waals surface area contributed by atoms with Crippen LogP contribution in [0.15, 0.2) is 53.3 Å². The number of carbonyl (C=O) groups excluding carboxylic acids is 3. The highest BCUT2D eigenvalue weighted by molar-refractivity contribution is 6.11. The monoisotopic (exact) mass is 377 g/mol. The quantitative estimate of drug-likeness (QED) is 0.510. The molecule has 0 bridgehead atoms. The summed E-state index contributed by atoms with van der Waals surface area (Å²) in [6.45, 7) is 1.57. The van der Waals surface area contributed by atoms with Gasteiger partial charge in [0, 0.05) is 11.1 Å². The topological polar surface area (TPSA) is 133 Å². The van der Waals surface area contributed by atoms with Crippen LogP contribution in [-0.2, 0) is 10.3 Å². The number of H-pyrrole nitrogens is 1. The SMILES string of the molecule is C[C@]1(c2cccc(NC(=O)c3n[nH]c(=O)c4ccccc34)c2)NC(=O)NC1=O.